The van der Waals surface area contributed by atoms with Crippen molar-refractivity contribution in [1.29, 1.82) is 0 Å². The van der Waals surface area contributed by atoms with E-state index in [1.54, 1.807) is 0 Å². The molecule has 136 valence electrons. The molecule has 0 spiro atoms. The molecular formula is C14H7ClO9S2. The van der Waals surface area contributed by atoms with Crippen LogP contribution in [-0.2, 0) is 18.9 Å². The van der Waals surface area contributed by atoms with Gasteiger partial charge in [-0.25, -0.2) is 26.4 Å². The first-order chi connectivity index (χ1) is 11.9. The van der Waals surface area contributed by atoms with Gasteiger partial charge in [0.2, 0.25) is 9.84 Å². The van der Waals surface area contributed by atoms with Crippen LogP contribution in [0.3, 0.4) is 0 Å². The predicted molar refractivity (Wildman–Crippen MR) is 85.4 cm³/mol. The molecule has 0 aliphatic carbocycles. The maximum absolute atomic E-state index is 12.8. The lowest BCUT2D eigenvalue weighted by Gasteiger charge is -2.22. The summed E-state index contributed by atoms with van der Waals surface area (Å²) in [6, 6.07) is 4.35. The van der Waals surface area contributed by atoms with Crippen LogP contribution in [0.1, 0.15) is 20.7 Å². The van der Waals surface area contributed by atoms with Crippen molar-refractivity contribution in [1.82, 2.24) is 0 Å². The van der Waals surface area contributed by atoms with Gasteiger partial charge in [-0.2, -0.15) is 0 Å². The first-order valence-electron chi connectivity index (χ1n) is 6.59. The molecule has 0 atom stereocenters. The summed E-state index contributed by atoms with van der Waals surface area (Å²) in [5.74, 6) is -3.94. The van der Waals surface area contributed by atoms with Crippen molar-refractivity contribution >= 4 is 41.5 Å². The molecular weight excluding hydrogens is 412 g/mol. The Morgan fingerprint density at radius 2 is 1.54 bits per heavy atom. The summed E-state index contributed by atoms with van der Waals surface area (Å²) < 4.78 is 54.5. The second kappa shape index (κ2) is 5.69. The number of halogens is 1. The molecule has 0 amide bonds. The highest BCUT2D eigenvalue weighted by atomic mass is 35.7. The van der Waals surface area contributed by atoms with Crippen molar-refractivity contribution in [2.45, 2.75) is 14.7 Å². The van der Waals surface area contributed by atoms with Crippen molar-refractivity contribution in [3.05, 3.63) is 41.5 Å². The second-order valence-corrected chi connectivity index (χ2v) is 9.54. The van der Waals surface area contributed by atoms with Gasteiger partial charge in [0, 0.05) is 10.7 Å². The summed E-state index contributed by atoms with van der Waals surface area (Å²) in [4.78, 5) is 20.2. The highest BCUT2D eigenvalue weighted by Crippen LogP contribution is 2.47. The normalized spacial score (nSPS) is 14.7. The van der Waals surface area contributed by atoms with E-state index in [4.69, 9.17) is 25.6 Å². The summed E-state index contributed by atoms with van der Waals surface area (Å²) in [6.45, 7) is 0. The molecule has 9 nitrogen and oxygen atoms in total. The van der Waals surface area contributed by atoms with E-state index in [0.29, 0.717) is 6.07 Å². The average Bonchev–Trinajstić information content (AvgIpc) is 2.52. The third-order valence-corrected chi connectivity index (χ3v) is 6.62. The van der Waals surface area contributed by atoms with Crippen LogP contribution in [0.4, 0.5) is 0 Å². The molecule has 0 bridgehead atoms. The first kappa shape index (κ1) is 18.2. The van der Waals surface area contributed by atoms with Crippen molar-refractivity contribution in [3.63, 3.8) is 0 Å². The monoisotopic (exact) mass is 418 g/mol. The van der Waals surface area contributed by atoms with Gasteiger partial charge in [-0.1, -0.05) is 0 Å². The zero-order valence-electron chi connectivity index (χ0n) is 12.3. The van der Waals surface area contributed by atoms with Crippen LogP contribution >= 0.6 is 10.7 Å². The summed E-state index contributed by atoms with van der Waals surface area (Å²) in [6.07, 6.45) is 0. The summed E-state index contributed by atoms with van der Waals surface area (Å²) in [5, 5.41) is 18.1. The number of benzene rings is 2. The number of aromatic carboxylic acids is 2. The number of carboxylic acid groups (broad SMARTS) is 2. The number of rotatable bonds is 3. The number of hydrogen-bond acceptors (Lipinski definition) is 7. The number of carboxylic acids is 2. The predicted octanol–water partition coefficient (Wildman–Crippen LogP) is 1.95. The molecule has 1 aliphatic heterocycles. The van der Waals surface area contributed by atoms with Gasteiger partial charge < -0.3 is 14.9 Å². The lowest BCUT2D eigenvalue weighted by Crippen LogP contribution is -2.16. The molecule has 0 fully saturated rings. The zero-order chi connectivity index (χ0) is 19.4. The van der Waals surface area contributed by atoms with Crippen molar-refractivity contribution in [2.75, 3.05) is 0 Å². The Morgan fingerprint density at radius 3 is 2.08 bits per heavy atom. The van der Waals surface area contributed by atoms with Gasteiger partial charge >= 0.3 is 11.9 Å². The van der Waals surface area contributed by atoms with E-state index in [1.165, 1.54) is 0 Å². The largest absolute Gasteiger partial charge is 0.478 e. The second-order valence-electron chi connectivity index (χ2n) is 5.12. The Hall–Kier alpha value is -2.63. The maximum Gasteiger partial charge on any atom is 0.335 e. The highest BCUT2D eigenvalue weighted by Gasteiger charge is 2.37. The molecule has 2 aromatic carbocycles. The van der Waals surface area contributed by atoms with Gasteiger partial charge in [-0.05, 0) is 30.3 Å². The average molecular weight is 419 g/mol. The number of sulfone groups is 1. The third-order valence-electron chi connectivity index (χ3n) is 3.51. The van der Waals surface area contributed by atoms with E-state index in [0.717, 1.165) is 24.3 Å². The molecule has 2 aromatic rings. The molecule has 3 rings (SSSR count). The molecule has 26 heavy (non-hydrogen) atoms. The van der Waals surface area contributed by atoms with E-state index in [9.17, 15) is 26.4 Å². The smallest absolute Gasteiger partial charge is 0.335 e. The molecule has 2 N–H and O–H groups in total. The highest BCUT2D eigenvalue weighted by molar-refractivity contribution is 8.13. The molecule has 0 unspecified atom stereocenters. The zero-order valence-corrected chi connectivity index (χ0v) is 14.7. The Balaban J connectivity index is 2.41. The quantitative estimate of drug-likeness (QED) is 0.607. The van der Waals surface area contributed by atoms with Crippen LogP contribution in [0.25, 0.3) is 0 Å². The third kappa shape index (κ3) is 2.79. The Labute approximate surface area is 150 Å². The van der Waals surface area contributed by atoms with E-state index < -0.39 is 56.8 Å². The van der Waals surface area contributed by atoms with Gasteiger partial charge in [-0.3, -0.25) is 0 Å². The summed E-state index contributed by atoms with van der Waals surface area (Å²) >= 11 is 0. The van der Waals surface area contributed by atoms with Gasteiger partial charge in [0.15, 0.2) is 5.75 Å². The number of fused-ring (bicyclic) bond motifs is 2. The van der Waals surface area contributed by atoms with E-state index >= 15 is 0 Å². The number of carbonyl (C=O) groups is 2. The standard InChI is InChI=1S/C14H7ClO9S2/c15-26(22,23)11-5-7(14(18)19)4-10-12(11)24-8-2-1-6(13(16)17)3-9(8)25(10,20)21/h1-5H,(H,16,17)(H,18,19). The van der Waals surface area contributed by atoms with Crippen LogP contribution in [-0.4, -0.2) is 39.0 Å². The minimum absolute atomic E-state index is 0.313. The van der Waals surface area contributed by atoms with E-state index in [2.05, 4.69) is 0 Å². The van der Waals surface area contributed by atoms with Crippen LogP contribution in [0.15, 0.2) is 45.0 Å². The SMILES string of the molecule is O=C(O)c1ccc2c(c1)S(=O)(=O)c1cc(C(=O)O)cc(S(=O)(=O)Cl)c1O2. The minimum atomic E-state index is -4.55. The molecule has 1 aliphatic rings. The number of hydrogen-bond donors (Lipinski definition) is 2. The van der Waals surface area contributed by atoms with Crippen molar-refractivity contribution < 1.29 is 41.4 Å². The van der Waals surface area contributed by atoms with Crippen LogP contribution in [0, 0.1) is 0 Å². The first-order valence-corrected chi connectivity index (χ1v) is 10.4. The van der Waals surface area contributed by atoms with Gasteiger partial charge in [0.25, 0.3) is 9.05 Å². The number of ether oxygens (including phenoxy) is 1. The van der Waals surface area contributed by atoms with Crippen LogP contribution in [0.2, 0.25) is 0 Å². The minimum Gasteiger partial charge on any atom is -0.478 e. The molecule has 0 radical (unpaired) electrons. The lowest BCUT2D eigenvalue weighted by molar-refractivity contribution is 0.0685. The lowest BCUT2D eigenvalue weighted by atomic mass is 10.2. The Bertz CT molecular complexity index is 1200. The fourth-order valence-corrected chi connectivity index (χ4v) is 4.97. The summed E-state index contributed by atoms with van der Waals surface area (Å²) in [5.41, 5.74) is -0.994. The van der Waals surface area contributed by atoms with Gasteiger partial charge in [0.1, 0.15) is 20.4 Å². The van der Waals surface area contributed by atoms with Crippen molar-refractivity contribution in [3.8, 4) is 11.5 Å². The molecule has 0 aromatic heterocycles. The molecule has 0 saturated heterocycles. The van der Waals surface area contributed by atoms with E-state index in [1.807, 2.05) is 0 Å². The van der Waals surface area contributed by atoms with Crippen molar-refractivity contribution in [2.24, 2.45) is 0 Å². The van der Waals surface area contributed by atoms with Crippen LogP contribution in [0.5, 0.6) is 11.5 Å². The fourth-order valence-electron chi connectivity index (χ4n) is 2.35. The van der Waals surface area contributed by atoms with Gasteiger partial charge in [0.05, 0.1) is 11.1 Å². The Kier molecular flexibility index (Phi) is 3.98. The fraction of sp³-hybridized carbons (Fsp3) is 0. The topological polar surface area (TPSA) is 152 Å². The van der Waals surface area contributed by atoms with E-state index in [-0.39, 0.29) is 11.3 Å². The van der Waals surface area contributed by atoms with Gasteiger partial charge in [-0.15, -0.1) is 0 Å². The maximum atomic E-state index is 12.8. The van der Waals surface area contributed by atoms with Crippen LogP contribution < -0.4 is 4.74 Å². The molecule has 12 heteroatoms. The molecule has 0 saturated carbocycles. The molecule has 1 heterocycles. The summed E-state index contributed by atoms with van der Waals surface area (Å²) in [7, 11) is -3.73. The Morgan fingerprint density at radius 1 is 0.962 bits per heavy atom.